The van der Waals surface area contributed by atoms with Crippen LogP contribution in [0.3, 0.4) is 0 Å². The minimum Gasteiger partial charge on any atom is -0.475 e. The van der Waals surface area contributed by atoms with Gasteiger partial charge in [0, 0.05) is 11.6 Å². The lowest BCUT2D eigenvalue weighted by Gasteiger charge is -2.18. The number of hydrogen-bond donors (Lipinski definition) is 1. The van der Waals surface area contributed by atoms with Crippen LogP contribution in [0.5, 0.6) is 0 Å². The molecule has 5 nitrogen and oxygen atoms in total. The number of carboxylic acid groups (broad SMARTS) is 1. The third-order valence-electron chi connectivity index (χ3n) is 3.03. The van der Waals surface area contributed by atoms with Crippen LogP contribution in [0.25, 0.3) is 11.3 Å². The van der Waals surface area contributed by atoms with Gasteiger partial charge >= 0.3 is 5.97 Å². The SMILES string of the molecule is O=C(O)c1cc(-c2cccc3c2COCC3)no1. The number of hydrogen-bond acceptors (Lipinski definition) is 4. The van der Waals surface area contributed by atoms with Gasteiger partial charge in [0.1, 0.15) is 5.69 Å². The molecule has 0 spiro atoms. The summed E-state index contributed by atoms with van der Waals surface area (Å²) < 4.78 is 10.2. The standard InChI is InChI=1S/C13H11NO4/c15-13(16)12-6-11(14-18-12)9-3-1-2-8-4-5-17-7-10(8)9/h1-3,6H,4-5,7H2,(H,15,16). The van der Waals surface area contributed by atoms with Gasteiger partial charge in [0.15, 0.2) is 0 Å². The maximum atomic E-state index is 10.8. The van der Waals surface area contributed by atoms with E-state index in [2.05, 4.69) is 11.2 Å². The second kappa shape index (κ2) is 4.27. The molecule has 0 amide bonds. The van der Waals surface area contributed by atoms with E-state index in [0.717, 1.165) is 24.2 Å². The molecule has 92 valence electrons. The van der Waals surface area contributed by atoms with Crippen molar-refractivity contribution in [3.05, 3.63) is 41.2 Å². The van der Waals surface area contributed by atoms with E-state index in [0.29, 0.717) is 12.3 Å². The van der Waals surface area contributed by atoms with Crippen LogP contribution in [0, 0.1) is 0 Å². The molecule has 18 heavy (non-hydrogen) atoms. The summed E-state index contributed by atoms with van der Waals surface area (Å²) in [6, 6.07) is 7.33. The van der Waals surface area contributed by atoms with E-state index in [4.69, 9.17) is 14.4 Å². The summed E-state index contributed by atoms with van der Waals surface area (Å²) in [6.45, 7) is 1.25. The maximum absolute atomic E-state index is 10.8. The van der Waals surface area contributed by atoms with Crippen LogP contribution in [-0.2, 0) is 17.8 Å². The summed E-state index contributed by atoms with van der Waals surface area (Å²) in [5, 5.41) is 12.6. The van der Waals surface area contributed by atoms with E-state index in [-0.39, 0.29) is 5.76 Å². The largest absolute Gasteiger partial charge is 0.475 e. The zero-order valence-electron chi connectivity index (χ0n) is 9.55. The quantitative estimate of drug-likeness (QED) is 0.877. The van der Waals surface area contributed by atoms with Crippen LogP contribution in [0.2, 0.25) is 0 Å². The molecule has 0 bridgehead atoms. The summed E-state index contributed by atoms with van der Waals surface area (Å²) in [5.41, 5.74) is 3.70. The molecule has 1 aliphatic rings. The molecule has 0 saturated heterocycles. The molecule has 0 aliphatic carbocycles. The van der Waals surface area contributed by atoms with Crippen molar-refractivity contribution < 1.29 is 19.2 Å². The van der Waals surface area contributed by atoms with Gasteiger partial charge in [0.05, 0.1) is 13.2 Å². The average Bonchev–Trinajstić information content (AvgIpc) is 2.87. The predicted molar refractivity (Wildman–Crippen MR) is 62.3 cm³/mol. The van der Waals surface area contributed by atoms with Crippen molar-refractivity contribution >= 4 is 5.97 Å². The van der Waals surface area contributed by atoms with Crippen molar-refractivity contribution in [3.8, 4) is 11.3 Å². The summed E-state index contributed by atoms with van der Waals surface area (Å²) in [5.74, 6) is -1.27. The third kappa shape index (κ3) is 1.78. The molecule has 3 rings (SSSR count). The van der Waals surface area contributed by atoms with Crippen LogP contribution in [0.1, 0.15) is 21.7 Å². The fraction of sp³-hybridized carbons (Fsp3) is 0.231. The van der Waals surface area contributed by atoms with Crippen LogP contribution in [0.15, 0.2) is 28.8 Å². The fourth-order valence-electron chi connectivity index (χ4n) is 2.14. The monoisotopic (exact) mass is 245 g/mol. The average molecular weight is 245 g/mol. The number of rotatable bonds is 2. The molecule has 2 aromatic rings. The maximum Gasteiger partial charge on any atom is 0.374 e. The molecule has 0 radical (unpaired) electrons. The zero-order valence-corrected chi connectivity index (χ0v) is 9.55. The minimum absolute atomic E-state index is 0.153. The highest BCUT2D eigenvalue weighted by Crippen LogP contribution is 2.29. The lowest BCUT2D eigenvalue weighted by atomic mass is 9.96. The Morgan fingerprint density at radius 2 is 2.28 bits per heavy atom. The number of ether oxygens (including phenoxy) is 1. The Morgan fingerprint density at radius 1 is 1.39 bits per heavy atom. The molecule has 1 aromatic carbocycles. The van der Waals surface area contributed by atoms with Crippen LogP contribution < -0.4 is 0 Å². The van der Waals surface area contributed by atoms with Gasteiger partial charge in [-0.05, 0) is 17.5 Å². The Labute approximate surface area is 103 Å². The van der Waals surface area contributed by atoms with Crippen LogP contribution in [-0.4, -0.2) is 22.8 Å². The highest BCUT2D eigenvalue weighted by Gasteiger charge is 2.18. The van der Waals surface area contributed by atoms with E-state index < -0.39 is 5.97 Å². The van der Waals surface area contributed by atoms with E-state index in [1.807, 2.05) is 12.1 Å². The number of aromatic carboxylic acids is 1. The lowest BCUT2D eigenvalue weighted by molar-refractivity contribution is 0.0652. The van der Waals surface area contributed by atoms with Crippen LogP contribution >= 0.6 is 0 Å². The van der Waals surface area contributed by atoms with Gasteiger partial charge in [0.2, 0.25) is 5.76 Å². The first kappa shape index (κ1) is 11.0. The highest BCUT2D eigenvalue weighted by molar-refractivity contribution is 5.86. The minimum atomic E-state index is -1.12. The zero-order chi connectivity index (χ0) is 12.5. The van der Waals surface area contributed by atoms with Gasteiger partial charge in [-0.25, -0.2) is 4.79 Å². The summed E-state index contributed by atoms with van der Waals surface area (Å²) >= 11 is 0. The van der Waals surface area contributed by atoms with Crippen molar-refractivity contribution in [2.45, 2.75) is 13.0 Å². The first-order valence-electron chi connectivity index (χ1n) is 5.64. The second-order valence-electron chi connectivity index (χ2n) is 4.13. The van der Waals surface area contributed by atoms with Crippen molar-refractivity contribution in [3.63, 3.8) is 0 Å². The van der Waals surface area contributed by atoms with Crippen molar-refractivity contribution in [1.82, 2.24) is 5.16 Å². The van der Waals surface area contributed by atoms with E-state index in [9.17, 15) is 4.79 Å². The number of nitrogens with zero attached hydrogens (tertiary/aromatic N) is 1. The topological polar surface area (TPSA) is 72.6 Å². The molecule has 0 atom stereocenters. The molecule has 2 heterocycles. The number of fused-ring (bicyclic) bond motifs is 1. The first-order chi connectivity index (χ1) is 8.75. The van der Waals surface area contributed by atoms with Gasteiger partial charge in [-0.15, -0.1) is 0 Å². The lowest BCUT2D eigenvalue weighted by Crippen LogP contribution is -2.10. The van der Waals surface area contributed by atoms with Gasteiger partial charge < -0.3 is 14.4 Å². The van der Waals surface area contributed by atoms with Crippen molar-refractivity contribution in [2.24, 2.45) is 0 Å². The summed E-state index contributed by atoms with van der Waals surface area (Å²) in [6.07, 6.45) is 0.868. The molecule has 1 aliphatic heterocycles. The Balaban J connectivity index is 2.08. The highest BCUT2D eigenvalue weighted by atomic mass is 16.5. The molecule has 1 N–H and O–H groups in total. The second-order valence-corrected chi connectivity index (χ2v) is 4.13. The van der Waals surface area contributed by atoms with Gasteiger partial charge in [-0.2, -0.15) is 0 Å². The molecule has 0 saturated carbocycles. The Hall–Kier alpha value is -2.14. The normalized spacial score (nSPS) is 14.2. The smallest absolute Gasteiger partial charge is 0.374 e. The fourth-order valence-corrected chi connectivity index (χ4v) is 2.14. The van der Waals surface area contributed by atoms with E-state index in [1.54, 1.807) is 0 Å². The Morgan fingerprint density at radius 3 is 3.06 bits per heavy atom. The van der Waals surface area contributed by atoms with Gasteiger partial charge in [-0.3, -0.25) is 0 Å². The van der Waals surface area contributed by atoms with Gasteiger partial charge in [0.25, 0.3) is 0 Å². The number of aromatic nitrogens is 1. The molecule has 5 heteroatoms. The summed E-state index contributed by atoms with van der Waals surface area (Å²) in [4.78, 5) is 10.8. The van der Waals surface area contributed by atoms with E-state index >= 15 is 0 Å². The van der Waals surface area contributed by atoms with Crippen LogP contribution in [0.4, 0.5) is 0 Å². The summed E-state index contributed by atoms with van der Waals surface area (Å²) in [7, 11) is 0. The van der Waals surface area contributed by atoms with Gasteiger partial charge in [-0.1, -0.05) is 23.4 Å². The van der Waals surface area contributed by atoms with Crippen molar-refractivity contribution in [2.75, 3.05) is 6.61 Å². The number of carboxylic acids is 1. The molecule has 0 unspecified atom stereocenters. The van der Waals surface area contributed by atoms with Crippen molar-refractivity contribution in [1.29, 1.82) is 0 Å². The molecule has 0 fully saturated rings. The molecular weight excluding hydrogens is 234 g/mol. The Kier molecular flexibility index (Phi) is 2.60. The molecular formula is C13H11NO4. The van der Waals surface area contributed by atoms with E-state index in [1.165, 1.54) is 11.6 Å². The molecule has 1 aromatic heterocycles. The Bertz CT molecular complexity index is 603. The predicted octanol–water partition coefficient (Wildman–Crippen LogP) is 2.11. The third-order valence-corrected chi connectivity index (χ3v) is 3.03. The number of carbonyl (C=O) groups is 1. The first-order valence-corrected chi connectivity index (χ1v) is 5.64. The number of benzene rings is 1.